The Morgan fingerprint density at radius 2 is 0.941 bits per heavy atom. The Morgan fingerprint density at radius 3 is 1.29 bits per heavy atom. The van der Waals surface area contributed by atoms with Gasteiger partial charge in [0.2, 0.25) is 11.8 Å². The van der Waals surface area contributed by atoms with Gasteiger partial charge in [-0.05, 0) is 6.42 Å². The second-order valence-corrected chi connectivity index (χ2v) is 13.3. The molecule has 2 fully saturated rings. The minimum Gasteiger partial charge on any atom is -0.282 e. The quantitative estimate of drug-likeness (QED) is 0.108. The monoisotopic (exact) mass is 591 g/mol. The van der Waals surface area contributed by atoms with Crippen LogP contribution < -0.4 is 0 Å². The summed E-state index contributed by atoms with van der Waals surface area (Å²) in [6.07, 6.45) is 17.3. The first-order valence-corrected chi connectivity index (χ1v) is 15.0. The van der Waals surface area contributed by atoms with E-state index in [2.05, 4.69) is 6.92 Å². The molecule has 0 spiro atoms. The van der Waals surface area contributed by atoms with Crippen LogP contribution in [0.25, 0.3) is 0 Å². The van der Waals surface area contributed by atoms with E-state index in [1.54, 1.807) is 0 Å². The third-order valence-electron chi connectivity index (χ3n) is 7.74. The Bertz CT molecular complexity index is 756. The molecule has 0 radical (unpaired) electrons. The van der Waals surface area contributed by atoms with E-state index in [0.717, 1.165) is 19.3 Å². The first kappa shape index (κ1) is 29.2. The molecule has 3 rings (SSSR count). The lowest BCUT2D eigenvalue weighted by Gasteiger charge is -2.34. The molecule has 3 nitrogen and oxygen atoms in total. The molecule has 9 heteroatoms. The highest BCUT2D eigenvalue weighted by atomic mass is 35.5. The lowest BCUT2D eigenvalue weighted by molar-refractivity contribution is -0.140. The zero-order chi connectivity index (χ0) is 25.1. The standard InChI is InChI=1S/C25H35Cl6NO2/c1-2-3-4-5-6-7-8-9-10-11-12-13-14-15-16-32-21(33)17-18(22(32)34)24(29)20(27)19(26)23(17,28)25(24,30)31/h17-18H,2-16H2,1H3/t17-,18-,23-,24-/m0/s1. The van der Waals surface area contributed by atoms with Crippen LogP contribution in [0.5, 0.6) is 0 Å². The SMILES string of the molecule is CCCCCCCCCCCCCCCCN1C(=O)[C@@H]2[C@@H](C1=O)[C@]1(Cl)C(Cl)=C(Cl)[C@]2(Cl)C1(Cl)Cl. The Labute approximate surface area is 234 Å². The smallest absolute Gasteiger partial charge is 0.235 e. The highest BCUT2D eigenvalue weighted by Gasteiger charge is 2.87. The molecule has 0 N–H and O–H groups in total. The first-order chi connectivity index (χ1) is 16.1. The van der Waals surface area contributed by atoms with Crippen LogP contribution in [0.2, 0.25) is 0 Å². The van der Waals surface area contributed by atoms with Gasteiger partial charge in [-0.2, -0.15) is 0 Å². The molecular formula is C25H35Cl6NO2. The zero-order valence-electron chi connectivity index (χ0n) is 19.8. The second kappa shape index (κ2) is 12.0. The average molecular weight is 594 g/mol. The van der Waals surface area contributed by atoms with E-state index in [0.29, 0.717) is 6.54 Å². The second-order valence-electron chi connectivity index (χ2n) is 10.0. The van der Waals surface area contributed by atoms with Crippen molar-refractivity contribution in [2.45, 2.75) is 111 Å². The average Bonchev–Trinajstić information content (AvgIpc) is 3.17. The van der Waals surface area contributed by atoms with Gasteiger partial charge in [-0.3, -0.25) is 14.5 Å². The summed E-state index contributed by atoms with van der Waals surface area (Å²) in [5.74, 6) is -2.88. The minimum absolute atomic E-state index is 0.0448. The molecule has 3 aliphatic rings. The van der Waals surface area contributed by atoms with Crippen molar-refractivity contribution in [2.75, 3.05) is 6.54 Å². The fourth-order valence-electron chi connectivity index (χ4n) is 5.74. The molecule has 0 aromatic heterocycles. The number of likely N-dealkylation sites (tertiary alicyclic amines) is 1. The molecule has 34 heavy (non-hydrogen) atoms. The number of carbonyl (C=O) groups excluding carboxylic acids is 2. The predicted molar refractivity (Wildman–Crippen MR) is 144 cm³/mol. The summed E-state index contributed by atoms with van der Waals surface area (Å²) in [6, 6.07) is 0. The van der Waals surface area contributed by atoms with E-state index in [4.69, 9.17) is 69.6 Å². The summed E-state index contributed by atoms with van der Waals surface area (Å²) in [4.78, 5) is 24.1. The third kappa shape index (κ3) is 4.78. The van der Waals surface area contributed by atoms with Gasteiger partial charge in [0, 0.05) is 6.54 Å². The molecule has 1 heterocycles. The Balaban J connectivity index is 1.36. The van der Waals surface area contributed by atoms with E-state index in [1.807, 2.05) is 0 Å². The normalized spacial score (nSPS) is 31.8. The number of carbonyl (C=O) groups is 2. The molecule has 0 unspecified atom stereocenters. The predicted octanol–water partition coefficient (Wildman–Crippen LogP) is 8.91. The number of nitrogens with zero attached hydrogens (tertiary/aromatic N) is 1. The third-order valence-corrected chi connectivity index (χ3v) is 12.0. The molecule has 4 atom stereocenters. The first-order valence-electron chi connectivity index (χ1n) is 12.8. The molecule has 2 amide bonds. The van der Waals surface area contributed by atoms with Gasteiger partial charge in [-0.15, -0.1) is 23.2 Å². The van der Waals surface area contributed by atoms with Gasteiger partial charge in [0.15, 0.2) is 4.33 Å². The maximum absolute atomic E-state index is 13.2. The van der Waals surface area contributed by atoms with Crippen LogP contribution in [0.1, 0.15) is 96.8 Å². The molecule has 1 saturated carbocycles. The van der Waals surface area contributed by atoms with Crippen molar-refractivity contribution < 1.29 is 9.59 Å². The summed E-state index contributed by atoms with van der Waals surface area (Å²) in [5.41, 5.74) is 0. The Hall–Kier alpha value is 0.620. The highest BCUT2D eigenvalue weighted by molar-refractivity contribution is 6.66. The Kier molecular flexibility index (Phi) is 10.3. The van der Waals surface area contributed by atoms with Gasteiger partial charge in [-0.1, -0.05) is 137 Å². The van der Waals surface area contributed by atoms with E-state index in [1.165, 1.54) is 75.5 Å². The number of unbranched alkanes of at least 4 members (excludes halogenated alkanes) is 13. The van der Waals surface area contributed by atoms with Crippen molar-refractivity contribution in [3.8, 4) is 0 Å². The van der Waals surface area contributed by atoms with Crippen molar-refractivity contribution in [2.24, 2.45) is 11.8 Å². The van der Waals surface area contributed by atoms with Crippen LogP contribution in [0.15, 0.2) is 10.1 Å². The van der Waals surface area contributed by atoms with Crippen LogP contribution in [0.4, 0.5) is 0 Å². The number of rotatable bonds is 15. The van der Waals surface area contributed by atoms with Gasteiger partial charge in [0.1, 0.15) is 9.75 Å². The van der Waals surface area contributed by atoms with Crippen molar-refractivity contribution in [3.63, 3.8) is 0 Å². The number of fused-ring (bicyclic) bond motifs is 5. The summed E-state index contributed by atoms with van der Waals surface area (Å²) in [5, 5.41) is -0.0897. The molecule has 194 valence electrons. The number of halogens is 6. The number of amides is 2. The van der Waals surface area contributed by atoms with Crippen molar-refractivity contribution >= 4 is 81.4 Å². The number of imide groups is 1. The maximum atomic E-state index is 13.2. The van der Waals surface area contributed by atoms with E-state index in [-0.39, 0.29) is 10.1 Å². The van der Waals surface area contributed by atoms with Crippen LogP contribution in [-0.2, 0) is 9.59 Å². The minimum atomic E-state index is -1.86. The largest absolute Gasteiger partial charge is 0.282 e. The molecular weight excluding hydrogens is 559 g/mol. The molecule has 0 aromatic carbocycles. The number of allylic oxidation sites excluding steroid dienone is 2. The van der Waals surface area contributed by atoms with Gasteiger partial charge in [0.05, 0.1) is 21.9 Å². The van der Waals surface area contributed by atoms with Crippen LogP contribution in [0, 0.1) is 11.8 Å². The van der Waals surface area contributed by atoms with Crippen LogP contribution >= 0.6 is 69.6 Å². The van der Waals surface area contributed by atoms with E-state index >= 15 is 0 Å². The maximum Gasteiger partial charge on any atom is 0.235 e. The lowest BCUT2D eigenvalue weighted by Crippen LogP contribution is -2.50. The van der Waals surface area contributed by atoms with Gasteiger partial charge in [-0.25, -0.2) is 0 Å². The fourth-order valence-corrected chi connectivity index (χ4v) is 8.67. The highest BCUT2D eigenvalue weighted by Crippen LogP contribution is 2.77. The summed E-state index contributed by atoms with van der Waals surface area (Å²) >= 11 is 39.1. The molecule has 0 aromatic rings. The number of hydrogen-bond acceptors (Lipinski definition) is 2. The molecule has 1 saturated heterocycles. The topological polar surface area (TPSA) is 37.4 Å². The fraction of sp³-hybridized carbons (Fsp3) is 0.840. The van der Waals surface area contributed by atoms with Gasteiger partial charge < -0.3 is 0 Å². The summed E-state index contributed by atoms with van der Waals surface area (Å²) in [6.45, 7) is 2.58. The van der Waals surface area contributed by atoms with Gasteiger partial charge in [0.25, 0.3) is 0 Å². The number of hydrogen-bond donors (Lipinski definition) is 0. The molecule has 2 aliphatic carbocycles. The molecule has 2 bridgehead atoms. The van der Waals surface area contributed by atoms with Crippen molar-refractivity contribution in [1.82, 2.24) is 4.90 Å². The van der Waals surface area contributed by atoms with Gasteiger partial charge >= 0.3 is 0 Å². The van der Waals surface area contributed by atoms with Crippen LogP contribution in [-0.4, -0.2) is 37.3 Å². The molecule has 1 aliphatic heterocycles. The Morgan fingerprint density at radius 1 is 0.618 bits per heavy atom. The van der Waals surface area contributed by atoms with Crippen molar-refractivity contribution in [1.29, 1.82) is 0 Å². The van der Waals surface area contributed by atoms with Crippen molar-refractivity contribution in [3.05, 3.63) is 10.1 Å². The number of alkyl halides is 4. The summed E-state index contributed by atoms with van der Waals surface area (Å²) < 4.78 is -1.86. The zero-order valence-corrected chi connectivity index (χ0v) is 24.3. The van der Waals surface area contributed by atoms with Crippen LogP contribution in [0.3, 0.4) is 0 Å². The lowest BCUT2D eigenvalue weighted by atomic mass is 9.84. The van der Waals surface area contributed by atoms with E-state index < -0.39 is 37.7 Å². The van der Waals surface area contributed by atoms with E-state index in [9.17, 15) is 9.59 Å². The summed E-state index contributed by atoms with van der Waals surface area (Å²) in [7, 11) is 0.